The molecule has 2 rings (SSSR count). The number of amides is 1. The van der Waals surface area contributed by atoms with Gasteiger partial charge in [-0.3, -0.25) is 0 Å². The van der Waals surface area contributed by atoms with Crippen molar-refractivity contribution in [3.05, 3.63) is 6.20 Å². The molecule has 1 aromatic rings. The molecule has 0 aromatic carbocycles. The third-order valence-electron chi connectivity index (χ3n) is 3.93. The van der Waals surface area contributed by atoms with Crippen LogP contribution in [0.2, 0.25) is 0 Å². The Balaban J connectivity index is 2.00. The van der Waals surface area contributed by atoms with Gasteiger partial charge >= 0.3 is 6.09 Å². The van der Waals surface area contributed by atoms with Gasteiger partial charge in [0.15, 0.2) is 5.82 Å². The normalized spacial score (nSPS) is 14.6. The Morgan fingerprint density at radius 3 is 2.42 bits per heavy atom. The molecule has 0 unspecified atom stereocenters. The highest BCUT2D eigenvalue weighted by atomic mass is 16.6. The van der Waals surface area contributed by atoms with Crippen LogP contribution in [-0.2, 0) is 4.74 Å². The topological polar surface area (TPSA) is 74.7 Å². The average molecular weight is 336 g/mol. The number of hydrogen-bond acceptors (Lipinski definition) is 7. The van der Waals surface area contributed by atoms with E-state index >= 15 is 0 Å². The number of carbonyl (C=O) groups is 1. The van der Waals surface area contributed by atoms with Crippen LogP contribution in [-0.4, -0.2) is 72.0 Å². The number of piperazine rings is 1. The Morgan fingerprint density at radius 2 is 1.83 bits per heavy atom. The number of ether oxygens (including phenoxy) is 1. The standard InChI is InChI=1S/C16H28N6O2/c1-4-7-20(8-5-2)14-13-17-19-15(18-14)21-9-11-22(12-10-21)16(23)24-6-3/h13H,4-12H2,1-3H3. The monoisotopic (exact) mass is 336 g/mol. The summed E-state index contributed by atoms with van der Waals surface area (Å²) in [6, 6.07) is 0. The van der Waals surface area contributed by atoms with Crippen LogP contribution in [0.4, 0.5) is 16.6 Å². The quantitative estimate of drug-likeness (QED) is 0.751. The highest BCUT2D eigenvalue weighted by Crippen LogP contribution is 2.16. The van der Waals surface area contributed by atoms with E-state index in [9.17, 15) is 4.79 Å². The fraction of sp³-hybridized carbons (Fsp3) is 0.750. The maximum atomic E-state index is 11.8. The molecule has 2 heterocycles. The zero-order valence-corrected chi connectivity index (χ0v) is 14.9. The first kappa shape index (κ1) is 18.2. The number of aromatic nitrogens is 3. The minimum absolute atomic E-state index is 0.248. The van der Waals surface area contributed by atoms with E-state index in [-0.39, 0.29) is 6.09 Å². The van der Waals surface area contributed by atoms with Gasteiger partial charge in [-0.2, -0.15) is 10.1 Å². The predicted octanol–water partition coefficient (Wildman–Crippen LogP) is 1.78. The molecule has 134 valence electrons. The number of carbonyl (C=O) groups excluding carboxylic acids is 1. The smallest absolute Gasteiger partial charge is 0.409 e. The van der Waals surface area contributed by atoms with Crippen LogP contribution in [0.5, 0.6) is 0 Å². The molecule has 1 fully saturated rings. The zero-order chi connectivity index (χ0) is 17.4. The first-order chi connectivity index (χ1) is 11.7. The van der Waals surface area contributed by atoms with Gasteiger partial charge in [0.05, 0.1) is 12.8 Å². The van der Waals surface area contributed by atoms with Gasteiger partial charge in [0.2, 0.25) is 5.95 Å². The van der Waals surface area contributed by atoms with E-state index < -0.39 is 0 Å². The minimum Gasteiger partial charge on any atom is -0.450 e. The Bertz CT molecular complexity index is 513. The second-order valence-electron chi connectivity index (χ2n) is 5.77. The maximum Gasteiger partial charge on any atom is 0.409 e. The fourth-order valence-corrected chi connectivity index (χ4v) is 2.76. The van der Waals surface area contributed by atoms with Gasteiger partial charge in [0.25, 0.3) is 0 Å². The predicted molar refractivity (Wildman–Crippen MR) is 93.4 cm³/mol. The molecule has 1 amide bonds. The van der Waals surface area contributed by atoms with Crippen LogP contribution < -0.4 is 9.80 Å². The van der Waals surface area contributed by atoms with Gasteiger partial charge in [-0.25, -0.2) is 4.79 Å². The van der Waals surface area contributed by atoms with E-state index in [1.165, 1.54) is 0 Å². The third-order valence-corrected chi connectivity index (χ3v) is 3.93. The maximum absolute atomic E-state index is 11.8. The molecule has 0 aliphatic carbocycles. The molecule has 8 nitrogen and oxygen atoms in total. The lowest BCUT2D eigenvalue weighted by molar-refractivity contribution is 0.105. The van der Waals surface area contributed by atoms with Crippen molar-refractivity contribution in [3.63, 3.8) is 0 Å². The molecule has 0 N–H and O–H groups in total. The molecule has 1 aliphatic rings. The third kappa shape index (κ3) is 4.69. The van der Waals surface area contributed by atoms with Gasteiger partial charge in [-0.15, -0.1) is 5.10 Å². The summed E-state index contributed by atoms with van der Waals surface area (Å²) in [7, 11) is 0. The van der Waals surface area contributed by atoms with Crippen LogP contribution in [0.3, 0.4) is 0 Å². The highest BCUT2D eigenvalue weighted by Gasteiger charge is 2.24. The van der Waals surface area contributed by atoms with Crippen molar-refractivity contribution in [2.24, 2.45) is 0 Å². The summed E-state index contributed by atoms with van der Waals surface area (Å²) in [5, 5.41) is 8.30. The minimum atomic E-state index is -0.248. The van der Waals surface area contributed by atoms with Crippen molar-refractivity contribution < 1.29 is 9.53 Å². The highest BCUT2D eigenvalue weighted by molar-refractivity contribution is 5.68. The van der Waals surface area contributed by atoms with Crippen LogP contribution >= 0.6 is 0 Å². The van der Waals surface area contributed by atoms with Crippen molar-refractivity contribution >= 4 is 17.9 Å². The van der Waals surface area contributed by atoms with Crippen molar-refractivity contribution in [1.82, 2.24) is 20.1 Å². The van der Waals surface area contributed by atoms with E-state index in [4.69, 9.17) is 4.74 Å². The van der Waals surface area contributed by atoms with Crippen LogP contribution in [0.15, 0.2) is 6.20 Å². The average Bonchev–Trinajstić information content (AvgIpc) is 2.62. The first-order valence-corrected chi connectivity index (χ1v) is 8.80. The first-order valence-electron chi connectivity index (χ1n) is 8.80. The Morgan fingerprint density at radius 1 is 1.17 bits per heavy atom. The van der Waals surface area contributed by atoms with Crippen LogP contribution in [0, 0.1) is 0 Å². The van der Waals surface area contributed by atoms with E-state index in [0.717, 1.165) is 31.7 Å². The molecule has 0 atom stereocenters. The van der Waals surface area contributed by atoms with Gasteiger partial charge in [0.1, 0.15) is 0 Å². The molecule has 1 saturated heterocycles. The van der Waals surface area contributed by atoms with Crippen LogP contribution in [0.1, 0.15) is 33.6 Å². The molecular weight excluding hydrogens is 308 g/mol. The summed E-state index contributed by atoms with van der Waals surface area (Å²) in [4.78, 5) is 22.5. The van der Waals surface area contributed by atoms with Gasteiger partial charge in [-0.1, -0.05) is 13.8 Å². The van der Waals surface area contributed by atoms with Crippen molar-refractivity contribution in [2.45, 2.75) is 33.6 Å². The Labute approximate surface area is 143 Å². The number of rotatable bonds is 7. The summed E-state index contributed by atoms with van der Waals surface area (Å²) in [5.74, 6) is 1.50. The van der Waals surface area contributed by atoms with Crippen LogP contribution in [0.25, 0.3) is 0 Å². The molecule has 0 radical (unpaired) electrons. The second kappa shape index (κ2) is 9.24. The Hall–Kier alpha value is -2.12. The van der Waals surface area contributed by atoms with Gasteiger partial charge in [0, 0.05) is 39.3 Å². The second-order valence-corrected chi connectivity index (χ2v) is 5.77. The largest absolute Gasteiger partial charge is 0.450 e. The fourth-order valence-electron chi connectivity index (χ4n) is 2.76. The molecule has 0 spiro atoms. The molecule has 1 aliphatic heterocycles. The Kier molecular flexibility index (Phi) is 7.02. The number of hydrogen-bond donors (Lipinski definition) is 0. The van der Waals surface area contributed by atoms with Gasteiger partial charge in [-0.05, 0) is 19.8 Å². The van der Waals surface area contributed by atoms with E-state index in [1.807, 2.05) is 6.92 Å². The summed E-state index contributed by atoms with van der Waals surface area (Å²) in [6.45, 7) is 11.1. The molecule has 0 saturated carbocycles. The summed E-state index contributed by atoms with van der Waals surface area (Å²) >= 11 is 0. The number of anilines is 2. The molecule has 0 bridgehead atoms. The summed E-state index contributed by atoms with van der Waals surface area (Å²) in [5.41, 5.74) is 0. The lowest BCUT2D eigenvalue weighted by Crippen LogP contribution is -2.49. The summed E-state index contributed by atoms with van der Waals surface area (Å²) < 4.78 is 5.04. The molecular formula is C16H28N6O2. The number of nitrogens with zero attached hydrogens (tertiary/aromatic N) is 6. The zero-order valence-electron chi connectivity index (χ0n) is 14.9. The van der Waals surface area contributed by atoms with Crippen molar-refractivity contribution in [1.29, 1.82) is 0 Å². The van der Waals surface area contributed by atoms with E-state index in [2.05, 4.69) is 38.8 Å². The molecule has 24 heavy (non-hydrogen) atoms. The summed E-state index contributed by atoms with van der Waals surface area (Å²) in [6.07, 6.45) is 3.61. The van der Waals surface area contributed by atoms with Crippen molar-refractivity contribution in [3.8, 4) is 0 Å². The molecule has 8 heteroatoms. The van der Waals surface area contributed by atoms with Gasteiger partial charge < -0.3 is 19.4 Å². The van der Waals surface area contributed by atoms with Crippen molar-refractivity contribution in [2.75, 3.05) is 55.7 Å². The lowest BCUT2D eigenvalue weighted by atomic mass is 10.3. The SMILES string of the molecule is CCCN(CCC)c1cnnc(N2CCN(C(=O)OCC)CC2)n1. The molecule has 1 aromatic heterocycles. The van der Waals surface area contributed by atoms with E-state index in [1.54, 1.807) is 11.1 Å². The van der Waals surface area contributed by atoms with E-state index in [0.29, 0.717) is 38.7 Å². The lowest BCUT2D eigenvalue weighted by Gasteiger charge is -2.34.